The summed E-state index contributed by atoms with van der Waals surface area (Å²) in [5, 5.41) is 0. The van der Waals surface area contributed by atoms with Crippen LogP contribution in [0.1, 0.15) is 49.3 Å². The van der Waals surface area contributed by atoms with Gasteiger partial charge in [0, 0.05) is 0 Å². The summed E-state index contributed by atoms with van der Waals surface area (Å²) in [5.74, 6) is 0.677. The molecule has 1 spiro atoms. The third-order valence-corrected chi connectivity index (χ3v) is 3.98. The summed E-state index contributed by atoms with van der Waals surface area (Å²) in [7, 11) is 0. The van der Waals surface area contributed by atoms with E-state index in [-0.39, 0.29) is 0 Å². The molecule has 0 heteroatoms. The highest BCUT2D eigenvalue weighted by Crippen LogP contribution is 2.55. The lowest BCUT2D eigenvalue weighted by Crippen LogP contribution is -1.96. The molecule has 1 aromatic carbocycles. The van der Waals surface area contributed by atoms with E-state index in [1.165, 1.54) is 31.2 Å². The van der Waals surface area contributed by atoms with E-state index in [4.69, 9.17) is 0 Å². The van der Waals surface area contributed by atoms with Crippen molar-refractivity contribution in [1.29, 1.82) is 0 Å². The molecule has 74 valence electrons. The number of fused-ring (bicyclic) bond motifs is 1. The second kappa shape index (κ2) is 2.62. The van der Waals surface area contributed by atoms with Crippen LogP contribution in [-0.2, 0) is 12.8 Å². The lowest BCUT2D eigenvalue weighted by Gasteiger charge is -2.07. The Kier molecular flexibility index (Phi) is 1.60. The number of benzene rings is 1. The normalized spacial score (nSPS) is 21.6. The molecule has 0 saturated heterocycles. The van der Waals surface area contributed by atoms with E-state index in [0.29, 0.717) is 5.92 Å². The summed E-state index contributed by atoms with van der Waals surface area (Å²) in [5.41, 5.74) is 5.53. The van der Waals surface area contributed by atoms with Gasteiger partial charge in [-0.05, 0) is 53.7 Å². The van der Waals surface area contributed by atoms with Crippen molar-refractivity contribution in [3.63, 3.8) is 0 Å². The van der Waals surface area contributed by atoms with Crippen molar-refractivity contribution in [2.24, 2.45) is 5.41 Å². The van der Waals surface area contributed by atoms with Gasteiger partial charge in [-0.15, -0.1) is 0 Å². The Bertz CT molecular complexity index is 370. The first-order valence-corrected chi connectivity index (χ1v) is 5.80. The molecule has 0 N–H and O–H groups in total. The number of hydrogen-bond donors (Lipinski definition) is 0. The maximum atomic E-state index is 2.45. The van der Waals surface area contributed by atoms with Crippen molar-refractivity contribution >= 4 is 0 Å². The molecule has 14 heavy (non-hydrogen) atoms. The van der Waals surface area contributed by atoms with Gasteiger partial charge in [0.2, 0.25) is 0 Å². The molecule has 0 aliphatic heterocycles. The molecule has 1 aromatic rings. The standard InChI is InChI=1S/C14H18/c1-10(2)11-3-4-12-8-14(5-6-14)9-13(12)7-11/h3-4,7,10H,5-6,8-9H2,1-2H3. The van der Waals surface area contributed by atoms with Gasteiger partial charge >= 0.3 is 0 Å². The van der Waals surface area contributed by atoms with Crippen LogP contribution in [-0.4, -0.2) is 0 Å². The molecule has 1 saturated carbocycles. The minimum absolute atomic E-state index is 0.677. The van der Waals surface area contributed by atoms with Crippen LogP contribution in [0, 0.1) is 5.41 Å². The Hall–Kier alpha value is -0.780. The topological polar surface area (TPSA) is 0 Å². The average molecular weight is 186 g/mol. The van der Waals surface area contributed by atoms with Gasteiger partial charge in [-0.25, -0.2) is 0 Å². The van der Waals surface area contributed by atoms with Gasteiger partial charge in [0.15, 0.2) is 0 Å². The van der Waals surface area contributed by atoms with Crippen LogP contribution < -0.4 is 0 Å². The fourth-order valence-corrected chi connectivity index (χ4v) is 2.74. The summed E-state index contributed by atoms with van der Waals surface area (Å²) >= 11 is 0. The van der Waals surface area contributed by atoms with E-state index in [1.807, 2.05) is 0 Å². The Balaban J connectivity index is 1.97. The van der Waals surface area contributed by atoms with Gasteiger partial charge in [-0.1, -0.05) is 32.0 Å². The van der Waals surface area contributed by atoms with Crippen molar-refractivity contribution in [3.05, 3.63) is 34.9 Å². The third-order valence-electron chi connectivity index (χ3n) is 3.98. The predicted molar refractivity (Wildman–Crippen MR) is 59.6 cm³/mol. The van der Waals surface area contributed by atoms with E-state index in [2.05, 4.69) is 32.0 Å². The average Bonchev–Trinajstić information content (AvgIpc) is 2.79. The Morgan fingerprint density at radius 3 is 2.43 bits per heavy atom. The maximum Gasteiger partial charge on any atom is -0.0216 e. The molecule has 2 aliphatic rings. The molecule has 0 heterocycles. The molecule has 0 bridgehead atoms. The zero-order chi connectivity index (χ0) is 9.76. The summed E-state index contributed by atoms with van der Waals surface area (Å²) in [4.78, 5) is 0. The molecular weight excluding hydrogens is 168 g/mol. The van der Waals surface area contributed by atoms with Crippen LogP contribution in [0.25, 0.3) is 0 Å². The van der Waals surface area contributed by atoms with Gasteiger partial charge in [0.1, 0.15) is 0 Å². The van der Waals surface area contributed by atoms with Crippen LogP contribution in [0.15, 0.2) is 18.2 Å². The monoisotopic (exact) mass is 186 g/mol. The first kappa shape index (κ1) is 8.52. The highest BCUT2D eigenvalue weighted by molar-refractivity contribution is 5.40. The molecule has 2 aliphatic carbocycles. The SMILES string of the molecule is CC(C)c1ccc2c(c1)CC1(CC1)C2. The van der Waals surface area contributed by atoms with Gasteiger partial charge < -0.3 is 0 Å². The maximum absolute atomic E-state index is 2.45. The lowest BCUT2D eigenvalue weighted by atomic mass is 9.99. The molecule has 0 atom stereocenters. The van der Waals surface area contributed by atoms with E-state index in [1.54, 1.807) is 11.1 Å². The van der Waals surface area contributed by atoms with E-state index >= 15 is 0 Å². The molecule has 0 unspecified atom stereocenters. The lowest BCUT2D eigenvalue weighted by molar-refractivity contribution is 0.549. The van der Waals surface area contributed by atoms with Crippen molar-refractivity contribution < 1.29 is 0 Å². The number of hydrogen-bond acceptors (Lipinski definition) is 0. The van der Waals surface area contributed by atoms with Crippen LogP contribution in [0.3, 0.4) is 0 Å². The molecule has 0 nitrogen and oxygen atoms in total. The van der Waals surface area contributed by atoms with Crippen molar-refractivity contribution in [3.8, 4) is 0 Å². The van der Waals surface area contributed by atoms with Crippen molar-refractivity contribution in [2.45, 2.75) is 45.4 Å². The van der Waals surface area contributed by atoms with E-state index in [0.717, 1.165) is 5.41 Å². The first-order valence-electron chi connectivity index (χ1n) is 5.80. The zero-order valence-corrected chi connectivity index (χ0v) is 9.14. The molecule has 0 amide bonds. The first-order chi connectivity index (χ1) is 6.69. The number of rotatable bonds is 1. The highest BCUT2D eigenvalue weighted by Gasteiger charge is 2.46. The molecule has 1 fully saturated rings. The van der Waals surface area contributed by atoms with Crippen molar-refractivity contribution in [2.75, 3.05) is 0 Å². The minimum atomic E-state index is 0.677. The fourth-order valence-electron chi connectivity index (χ4n) is 2.74. The highest BCUT2D eigenvalue weighted by atomic mass is 14.5. The van der Waals surface area contributed by atoms with Gasteiger partial charge in [-0.2, -0.15) is 0 Å². The van der Waals surface area contributed by atoms with Gasteiger partial charge in [-0.3, -0.25) is 0 Å². The second-order valence-corrected chi connectivity index (χ2v) is 5.54. The summed E-state index contributed by atoms with van der Waals surface area (Å²) in [6.45, 7) is 4.56. The second-order valence-electron chi connectivity index (χ2n) is 5.54. The van der Waals surface area contributed by atoms with Crippen LogP contribution >= 0.6 is 0 Å². The minimum Gasteiger partial charge on any atom is -0.0587 e. The van der Waals surface area contributed by atoms with Crippen LogP contribution in [0.5, 0.6) is 0 Å². The van der Waals surface area contributed by atoms with Crippen molar-refractivity contribution in [1.82, 2.24) is 0 Å². The van der Waals surface area contributed by atoms with E-state index in [9.17, 15) is 0 Å². The smallest absolute Gasteiger partial charge is 0.0216 e. The molecule has 0 aromatic heterocycles. The summed E-state index contributed by atoms with van der Waals surface area (Å²) < 4.78 is 0. The Labute approximate surface area is 86.3 Å². The molecule has 3 rings (SSSR count). The largest absolute Gasteiger partial charge is 0.0587 e. The quantitative estimate of drug-likeness (QED) is 0.627. The van der Waals surface area contributed by atoms with Crippen LogP contribution in [0.2, 0.25) is 0 Å². The van der Waals surface area contributed by atoms with Crippen LogP contribution in [0.4, 0.5) is 0 Å². The Morgan fingerprint density at radius 2 is 1.79 bits per heavy atom. The summed E-state index contributed by atoms with van der Waals surface area (Å²) in [6.07, 6.45) is 5.67. The summed E-state index contributed by atoms with van der Waals surface area (Å²) in [6, 6.07) is 7.15. The predicted octanol–water partition coefficient (Wildman–Crippen LogP) is 3.69. The fraction of sp³-hybridized carbons (Fsp3) is 0.571. The van der Waals surface area contributed by atoms with E-state index < -0.39 is 0 Å². The molecule has 0 radical (unpaired) electrons. The van der Waals surface area contributed by atoms with Gasteiger partial charge in [0.25, 0.3) is 0 Å². The third kappa shape index (κ3) is 1.20. The molecular formula is C14H18. The Morgan fingerprint density at radius 1 is 1.07 bits per heavy atom. The van der Waals surface area contributed by atoms with Gasteiger partial charge in [0.05, 0.1) is 0 Å². The zero-order valence-electron chi connectivity index (χ0n) is 9.14.